The second-order valence-corrected chi connectivity index (χ2v) is 4.40. The average Bonchev–Trinajstić information content (AvgIpc) is 2.78. The number of aromatic nitrogens is 2. The van der Waals surface area contributed by atoms with Gasteiger partial charge in [0.2, 0.25) is 0 Å². The van der Waals surface area contributed by atoms with Gasteiger partial charge in [-0.3, -0.25) is 0 Å². The van der Waals surface area contributed by atoms with Crippen molar-refractivity contribution in [3.63, 3.8) is 0 Å². The summed E-state index contributed by atoms with van der Waals surface area (Å²) in [6, 6.07) is 0.498. The minimum atomic E-state index is 0.494. The summed E-state index contributed by atoms with van der Waals surface area (Å²) in [5.74, 6) is 1.20. The third kappa shape index (κ3) is 2.52. The Morgan fingerprint density at radius 3 is 2.93 bits per heavy atom. The van der Waals surface area contributed by atoms with Gasteiger partial charge >= 0.3 is 0 Å². The van der Waals surface area contributed by atoms with Gasteiger partial charge < -0.3 is 9.30 Å². The lowest BCUT2D eigenvalue weighted by atomic mass is 9.93. The van der Waals surface area contributed by atoms with Crippen molar-refractivity contribution in [3.05, 3.63) is 18.2 Å². The summed E-state index contributed by atoms with van der Waals surface area (Å²) in [4.78, 5) is 4.25. The third-order valence-corrected chi connectivity index (χ3v) is 3.48. The van der Waals surface area contributed by atoms with Gasteiger partial charge in [0, 0.05) is 25.5 Å². The summed E-state index contributed by atoms with van der Waals surface area (Å²) in [6.07, 6.45) is 6.23. The van der Waals surface area contributed by atoms with Crippen LogP contribution in [0.15, 0.2) is 12.5 Å². The molecule has 4 heteroatoms. The first-order valence-corrected chi connectivity index (χ1v) is 6.00. The summed E-state index contributed by atoms with van der Waals surface area (Å²) >= 11 is 5.73. The molecule has 0 amide bonds. The molecular weight excluding hydrogens is 212 g/mol. The number of imidazole rings is 1. The Kier molecular flexibility index (Phi) is 3.65. The smallest absolute Gasteiger partial charge is 0.0952 e. The predicted octanol–water partition coefficient (Wildman–Crippen LogP) is 2.61. The molecule has 1 atom stereocenters. The van der Waals surface area contributed by atoms with Gasteiger partial charge in [-0.2, -0.15) is 0 Å². The van der Waals surface area contributed by atoms with E-state index in [0.29, 0.717) is 17.8 Å². The molecule has 1 fully saturated rings. The summed E-state index contributed by atoms with van der Waals surface area (Å²) in [6.45, 7) is 4.04. The van der Waals surface area contributed by atoms with Gasteiger partial charge in [-0.25, -0.2) is 4.98 Å². The first-order valence-electron chi connectivity index (χ1n) is 5.47. The minimum Gasteiger partial charge on any atom is -0.381 e. The van der Waals surface area contributed by atoms with Crippen molar-refractivity contribution in [3.8, 4) is 0 Å². The normalized spacial score (nSPS) is 20.4. The molecule has 84 valence electrons. The zero-order valence-electron chi connectivity index (χ0n) is 9.03. The molecule has 0 saturated carbocycles. The van der Waals surface area contributed by atoms with Crippen LogP contribution >= 0.6 is 11.6 Å². The van der Waals surface area contributed by atoms with Crippen molar-refractivity contribution >= 4 is 11.6 Å². The molecule has 1 aliphatic rings. The molecule has 0 aliphatic carbocycles. The van der Waals surface area contributed by atoms with Crippen LogP contribution in [-0.2, 0) is 10.6 Å². The fraction of sp³-hybridized carbons (Fsp3) is 0.727. The summed E-state index contributed by atoms with van der Waals surface area (Å²) in [5.41, 5.74) is 0.954. The Bertz CT molecular complexity index is 307. The Morgan fingerprint density at radius 2 is 2.33 bits per heavy atom. The zero-order valence-corrected chi connectivity index (χ0v) is 9.78. The number of nitrogens with zero attached hydrogens (tertiary/aromatic N) is 2. The fourth-order valence-electron chi connectivity index (χ4n) is 2.11. The highest BCUT2D eigenvalue weighted by Crippen LogP contribution is 2.27. The molecule has 15 heavy (non-hydrogen) atoms. The van der Waals surface area contributed by atoms with E-state index >= 15 is 0 Å². The standard InChI is InChI=1S/C11H17ClN2O/c1-9(10-2-4-15-5-3-10)14-7-11(6-12)13-8-14/h7-10H,2-6H2,1H3. The Morgan fingerprint density at radius 1 is 1.60 bits per heavy atom. The van der Waals surface area contributed by atoms with Crippen molar-refractivity contribution in [2.75, 3.05) is 13.2 Å². The topological polar surface area (TPSA) is 27.1 Å². The van der Waals surface area contributed by atoms with Crippen molar-refractivity contribution in [1.29, 1.82) is 0 Å². The van der Waals surface area contributed by atoms with Crippen LogP contribution in [-0.4, -0.2) is 22.8 Å². The van der Waals surface area contributed by atoms with Gasteiger partial charge in [0.1, 0.15) is 0 Å². The maximum absolute atomic E-state index is 5.73. The van der Waals surface area contributed by atoms with E-state index in [2.05, 4.69) is 16.5 Å². The van der Waals surface area contributed by atoms with E-state index in [1.165, 1.54) is 0 Å². The van der Waals surface area contributed by atoms with Gasteiger partial charge in [-0.15, -0.1) is 11.6 Å². The number of hydrogen-bond donors (Lipinski definition) is 0. The van der Waals surface area contributed by atoms with Crippen LogP contribution in [0.4, 0.5) is 0 Å². The Hall–Kier alpha value is -0.540. The number of ether oxygens (including phenoxy) is 1. The van der Waals surface area contributed by atoms with Gasteiger partial charge in [-0.1, -0.05) is 0 Å². The summed E-state index contributed by atoms with van der Waals surface area (Å²) < 4.78 is 7.54. The van der Waals surface area contributed by atoms with Crippen molar-refractivity contribution in [2.24, 2.45) is 5.92 Å². The third-order valence-electron chi connectivity index (χ3n) is 3.21. The average molecular weight is 229 g/mol. The molecule has 1 unspecified atom stereocenters. The van der Waals surface area contributed by atoms with Crippen LogP contribution in [0.2, 0.25) is 0 Å². The molecule has 1 aromatic heterocycles. The molecule has 0 spiro atoms. The van der Waals surface area contributed by atoms with E-state index in [4.69, 9.17) is 16.3 Å². The highest BCUT2D eigenvalue weighted by Gasteiger charge is 2.21. The maximum atomic E-state index is 5.73. The Balaban J connectivity index is 2.02. The van der Waals surface area contributed by atoms with Crippen molar-refractivity contribution in [1.82, 2.24) is 9.55 Å². The van der Waals surface area contributed by atoms with Gasteiger partial charge in [0.15, 0.2) is 0 Å². The summed E-state index contributed by atoms with van der Waals surface area (Å²) in [5, 5.41) is 0. The Labute approximate surface area is 95.4 Å². The largest absolute Gasteiger partial charge is 0.381 e. The van der Waals surface area contributed by atoms with Crippen LogP contribution in [0, 0.1) is 5.92 Å². The predicted molar refractivity (Wildman–Crippen MR) is 60.0 cm³/mol. The SMILES string of the molecule is CC(C1CCOCC1)n1cnc(CCl)c1. The van der Waals surface area contributed by atoms with Gasteiger partial charge in [0.25, 0.3) is 0 Å². The molecular formula is C11H17ClN2O. The van der Waals surface area contributed by atoms with Gasteiger partial charge in [-0.05, 0) is 25.7 Å². The lowest BCUT2D eigenvalue weighted by molar-refractivity contribution is 0.0513. The highest BCUT2D eigenvalue weighted by molar-refractivity contribution is 6.16. The van der Waals surface area contributed by atoms with Crippen LogP contribution < -0.4 is 0 Å². The number of alkyl halides is 1. The lowest BCUT2D eigenvalue weighted by Crippen LogP contribution is -2.23. The van der Waals surface area contributed by atoms with E-state index in [-0.39, 0.29) is 0 Å². The number of hydrogen-bond acceptors (Lipinski definition) is 2. The molecule has 0 radical (unpaired) electrons. The van der Waals surface area contributed by atoms with E-state index in [1.54, 1.807) is 0 Å². The van der Waals surface area contributed by atoms with E-state index in [0.717, 1.165) is 31.7 Å². The molecule has 1 saturated heterocycles. The fourth-order valence-corrected chi connectivity index (χ4v) is 2.25. The molecule has 2 heterocycles. The lowest BCUT2D eigenvalue weighted by Gasteiger charge is -2.28. The van der Waals surface area contributed by atoms with Crippen LogP contribution in [0.3, 0.4) is 0 Å². The first kappa shape index (κ1) is 11.0. The molecule has 0 N–H and O–H groups in total. The molecule has 3 nitrogen and oxygen atoms in total. The van der Waals surface area contributed by atoms with Crippen LogP contribution in [0.1, 0.15) is 31.5 Å². The summed E-state index contributed by atoms with van der Waals surface area (Å²) in [7, 11) is 0. The highest BCUT2D eigenvalue weighted by atomic mass is 35.5. The van der Waals surface area contributed by atoms with Crippen LogP contribution in [0.5, 0.6) is 0 Å². The maximum Gasteiger partial charge on any atom is 0.0952 e. The first-order chi connectivity index (χ1) is 7.31. The molecule has 0 bridgehead atoms. The van der Waals surface area contributed by atoms with E-state index in [1.807, 2.05) is 12.5 Å². The molecule has 0 aromatic carbocycles. The van der Waals surface area contributed by atoms with E-state index < -0.39 is 0 Å². The number of rotatable bonds is 3. The minimum absolute atomic E-state index is 0.494. The second kappa shape index (κ2) is 4.99. The zero-order chi connectivity index (χ0) is 10.7. The second-order valence-electron chi connectivity index (χ2n) is 4.14. The van der Waals surface area contributed by atoms with Crippen LogP contribution in [0.25, 0.3) is 0 Å². The quantitative estimate of drug-likeness (QED) is 0.744. The number of halogens is 1. The molecule has 2 rings (SSSR count). The van der Waals surface area contributed by atoms with Gasteiger partial charge in [0.05, 0.1) is 17.9 Å². The van der Waals surface area contributed by atoms with E-state index in [9.17, 15) is 0 Å². The van der Waals surface area contributed by atoms with Crippen molar-refractivity contribution in [2.45, 2.75) is 31.7 Å². The molecule has 1 aliphatic heterocycles. The monoisotopic (exact) mass is 228 g/mol. The van der Waals surface area contributed by atoms with Crippen molar-refractivity contribution < 1.29 is 4.74 Å². The molecule has 1 aromatic rings.